The maximum absolute atomic E-state index is 11.5. The highest BCUT2D eigenvalue weighted by Gasteiger charge is 2.40. The molecule has 0 aromatic rings. The van der Waals surface area contributed by atoms with Crippen molar-refractivity contribution in [1.82, 2.24) is 4.31 Å². The van der Waals surface area contributed by atoms with E-state index in [1.165, 1.54) is 0 Å². The largest absolute Gasteiger partial charge is 0.500 e. The normalized spacial score (nSPS) is 16.4. The first-order valence-corrected chi connectivity index (χ1v) is 9.90. The summed E-state index contributed by atoms with van der Waals surface area (Å²) in [7, 11) is -2.54. The second-order valence-electron chi connectivity index (χ2n) is 4.16. The van der Waals surface area contributed by atoms with Gasteiger partial charge in [-0.3, -0.25) is 9.10 Å². The van der Waals surface area contributed by atoms with Gasteiger partial charge in [-0.1, -0.05) is 0 Å². The van der Waals surface area contributed by atoms with Gasteiger partial charge in [-0.2, -0.15) is 0 Å². The van der Waals surface area contributed by atoms with Crippen molar-refractivity contribution < 1.29 is 18.1 Å². The SMILES string of the molecule is CCO[Si](CCCN1SCCC1=O)(OCC)OCC. The van der Waals surface area contributed by atoms with Gasteiger partial charge in [-0.25, -0.2) is 0 Å². The average molecular weight is 307 g/mol. The van der Waals surface area contributed by atoms with Crippen LogP contribution < -0.4 is 0 Å². The second-order valence-corrected chi connectivity index (χ2v) is 8.00. The van der Waals surface area contributed by atoms with Crippen LogP contribution >= 0.6 is 11.9 Å². The van der Waals surface area contributed by atoms with Crippen molar-refractivity contribution in [3.05, 3.63) is 0 Å². The summed E-state index contributed by atoms with van der Waals surface area (Å²) in [6.45, 7) is 8.43. The van der Waals surface area contributed by atoms with Crippen LogP contribution in [0.5, 0.6) is 0 Å². The molecule has 112 valence electrons. The molecule has 0 N–H and O–H groups in total. The molecule has 19 heavy (non-hydrogen) atoms. The third kappa shape index (κ3) is 5.43. The Bertz CT molecular complexity index is 263. The summed E-state index contributed by atoms with van der Waals surface area (Å²) in [5.74, 6) is 1.14. The molecular weight excluding hydrogens is 282 g/mol. The smallest absolute Gasteiger partial charge is 0.374 e. The average Bonchev–Trinajstić information content (AvgIpc) is 2.76. The van der Waals surface area contributed by atoms with Crippen molar-refractivity contribution in [3.8, 4) is 0 Å². The molecule has 0 unspecified atom stereocenters. The van der Waals surface area contributed by atoms with E-state index in [-0.39, 0.29) is 5.91 Å². The van der Waals surface area contributed by atoms with Crippen molar-refractivity contribution in [2.24, 2.45) is 0 Å². The lowest BCUT2D eigenvalue weighted by Gasteiger charge is -2.29. The zero-order valence-electron chi connectivity index (χ0n) is 12.1. The molecule has 1 aliphatic rings. The van der Waals surface area contributed by atoms with Crippen LogP contribution in [0.2, 0.25) is 6.04 Å². The van der Waals surface area contributed by atoms with Gasteiger partial charge in [-0.05, 0) is 39.1 Å². The van der Waals surface area contributed by atoms with Crippen LogP contribution in [0.3, 0.4) is 0 Å². The first-order chi connectivity index (χ1) is 9.17. The number of nitrogens with zero attached hydrogens (tertiary/aromatic N) is 1. The van der Waals surface area contributed by atoms with E-state index in [1.807, 2.05) is 25.1 Å². The van der Waals surface area contributed by atoms with E-state index in [1.54, 1.807) is 11.9 Å². The fourth-order valence-electron chi connectivity index (χ4n) is 2.07. The molecule has 0 spiro atoms. The lowest BCUT2D eigenvalue weighted by Crippen LogP contribution is -2.46. The summed E-state index contributed by atoms with van der Waals surface area (Å²) in [5, 5.41) is 0. The van der Waals surface area contributed by atoms with Crippen molar-refractivity contribution in [3.63, 3.8) is 0 Å². The maximum atomic E-state index is 11.5. The molecule has 1 fully saturated rings. The molecule has 0 aliphatic carbocycles. The number of hydrogen-bond donors (Lipinski definition) is 0. The molecule has 7 heteroatoms. The summed E-state index contributed by atoms with van der Waals surface area (Å²) in [5.41, 5.74) is 0. The minimum absolute atomic E-state index is 0.237. The first-order valence-electron chi connectivity index (χ1n) is 7.02. The van der Waals surface area contributed by atoms with Gasteiger partial charge in [0, 0.05) is 44.6 Å². The Labute approximate surface area is 121 Å². The van der Waals surface area contributed by atoms with Crippen LogP contribution in [0.15, 0.2) is 0 Å². The predicted octanol–water partition coefficient (Wildman–Crippen LogP) is 2.31. The lowest BCUT2D eigenvalue weighted by molar-refractivity contribution is -0.124. The quantitative estimate of drug-likeness (QED) is 0.458. The number of rotatable bonds is 10. The maximum Gasteiger partial charge on any atom is 0.500 e. The van der Waals surface area contributed by atoms with Crippen LogP contribution in [-0.2, 0) is 18.1 Å². The van der Waals surface area contributed by atoms with Gasteiger partial charge in [0.05, 0.1) is 0 Å². The van der Waals surface area contributed by atoms with Crippen molar-refractivity contribution in [2.45, 2.75) is 39.7 Å². The molecule has 0 aromatic heterocycles. The standard InChI is InChI=1S/C12H25NO4SSi/c1-4-15-19(16-5-2,17-6-3)11-7-9-13-12(14)8-10-18-13/h4-11H2,1-3H3. The minimum Gasteiger partial charge on any atom is -0.374 e. The van der Waals surface area contributed by atoms with Gasteiger partial charge in [-0.15, -0.1) is 0 Å². The molecule has 0 bridgehead atoms. The molecule has 0 saturated carbocycles. The van der Waals surface area contributed by atoms with E-state index in [4.69, 9.17) is 13.3 Å². The van der Waals surface area contributed by atoms with E-state index in [9.17, 15) is 4.79 Å². The van der Waals surface area contributed by atoms with Gasteiger partial charge >= 0.3 is 8.80 Å². The molecule has 1 amide bonds. The molecule has 5 nitrogen and oxygen atoms in total. The monoisotopic (exact) mass is 307 g/mol. The molecule has 0 aromatic carbocycles. The van der Waals surface area contributed by atoms with Gasteiger partial charge in [0.1, 0.15) is 0 Å². The van der Waals surface area contributed by atoms with E-state index in [0.717, 1.165) is 24.8 Å². The lowest BCUT2D eigenvalue weighted by atomic mass is 10.4. The van der Waals surface area contributed by atoms with Gasteiger partial charge in [0.15, 0.2) is 0 Å². The zero-order chi connectivity index (χ0) is 14.1. The third-order valence-corrected chi connectivity index (χ3v) is 7.01. The first kappa shape index (κ1) is 17.0. The Morgan fingerprint density at radius 1 is 1.16 bits per heavy atom. The molecule has 1 heterocycles. The Morgan fingerprint density at radius 3 is 2.16 bits per heavy atom. The van der Waals surface area contributed by atoms with Crippen LogP contribution in [0.1, 0.15) is 33.6 Å². The van der Waals surface area contributed by atoms with Crippen LogP contribution in [-0.4, -0.2) is 51.1 Å². The molecule has 0 radical (unpaired) electrons. The van der Waals surface area contributed by atoms with Crippen LogP contribution in [0.25, 0.3) is 0 Å². The summed E-state index contributed by atoms with van der Waals surface area (Å²) < 4.78 is 19.2. The van der Waals surface area contributed by atoms with Crippen molar-refractivity contribution >= 4 is 26.7 Å². The summed E-state index contributed by atoms with van der Waals surface area (Å²) >= 11 is 1.62. The Balaban J connectivity index is 2.44. The number of carbonyl (C=O) groups excluding carboxylic acids is 1. The Hall–Kier alpha value is -0.0831. The fraction of sp³-hybridized carbons (Fsp3) is 0.917. The number of hydrogen-bond acceptors (Lipinski definition) is 5. The summed E-state index contributed by atoms with van der Waals surface area (Å²) in [4.78, 5) is 11.5. The van der Waals surface area contributed by atoms with E-state index in [2.05, 4.69) is 0 Å². The van der Waals surface area contributed by atoms with E-state index >= 15 is 0 Å². The second kappa shape index (κ2) is 8.96. The zero-order valence-corrected chi connectivity index (χ0v) is 14.0. The highest BCUT2D eigenvalue weighted by atomic mass is 32.2. The van der Waals surface area contributed by atoms with Gasteiger partial charge in [0.2, 0.25) is 5.91 Å². The Morgan fingerprint density at radius 2 is 1.74 bits per heavy atom. The molecule has 1 rings (SSSR count). The highest BCUT2D eigenvalue weighted by molar-refractivity contribution is 7.97. The number of amides is 1. The summed E-state index contributed by atoms with van der Waals surface area (Å²) in [6, 6.07) is 0.771. The molecule has 1 aliphatic heterocycles. The number of carbonyl (C=O) groups is 1. The van der Waals surface area contributed by atoms with Crippen LogP contribution in [0.4, 0.5) is 0 Å². The van der Waals surface area contributed by atoms with Gasteiger partial charge in [0.25, 0.3) is 0 Å². The predicted molar refractivity (Wildman–Crippen MR) is 78.8 cm³/mol. The fourth-order valence-corrected chi connectivity index (χ4v) is 5.64. The molecule has 0 atom stereocenters. The Kier molecular flexibility index (Phi) is 8.01. The highest BCUT2D eigenvalue weighted by Crippen LogP contribution is 2.24. The van der Waals surface area contributed by atoms with Crippen molar-refractivity contribution in [1.29, 1.82) is 0 Å². The molecule has 1 saturated heterocycles. The van der Waals surface area contributed by atoms with Crippen molar-refractivity contribution in [2.75, 3.05) is 32.1 Å². The van der Waals surface area contributed by atoms with E-state index in [0.29, 0.717) is 26.2 Å². The van der Waals surface area contributed by atoms with Gasteiger partial charge < -0.3 is 13.3 Å². The topological polar surface area (TPSA) is 48.0 Å². The third-order valence-electron chi connectivity index (χ3n) is 2.78. The van der Waals surface area contributed by atoms with Crippen LogP contribution in [0, 0.1) is 0 Å². The summed E-state index contributed by atoms with van der Waals surface area (Å²) in [6.07, 6.45) is 1.53. The van der Waals surface area contributed by atoms with E-state index < -0.39 is 8.80 Å². The minimum atomic E-state index is -2.54. The molecular formula is C12H25NO4SSi.